The lowest BCUT2D eigenvalue weighted by Gasteiger charge is -2.49. The Balaban J connectivity index is 1.59. The second-order valence-electron chi connectivity index (χ2n) is 7.86. The van der Waals surface area contributed by atoms with Crippen LogP contribution in [0.4, 0.5) is 0 Å². The largest absolute Gasteiger partial charge is 0.385 e. The van der Waals surface area contributed by atoms with Crippen molar-refractivity contribution < 1.29 is 17.9 Å². The van der Waals surface area contributed by atoms with Gasteiger partial charge in [0.25, 0.3) is 0 Å². The highest BCUT2D eigenvalue weighted by Gasteiger charge is 2.45. The number of carbonyl (C=O) groups is 1. The van der Waals surface area contributed by atoms with Crippen LogP contribution in [0.25, 0.3) is 0 Å². The molecular weight excluding hydrogens is 378 g/mol. The van der Waals surface area contributed by atoms with Crippen molar-refractivity contribution >= 4 is 15.9 Å². The molecule has 3 rings (SSSR count). The number of sulfonamides is 1. The molecule has 156 valence electrons. The number of rotatable bonds is 8. The van der Waals surface area contributed by atoms with Crippen molar-refractivity contribution in [2.45, 2.75) is 43.5 Å². The van der Waals surface area contributed by atoms with Gasteiger partial charge in [-0.2, -0.15) is 4.31 Å². The van der Waals surface area contributed by atoms with Gasteiger partial charge in [-0.1, -0.05) is 25.1 Å². The predicted molar refractivity (Wildman–Crippen MR) is 107 cm³/mol. The van der Waals surface area contributed by atoms with Gasteiger partial charge in [0.2, 0.25) is 15.9 Å². The smallest absolute Gasteiger partial charge is 0.243 e. The highest BCUT2D eigenvalue weighted by atomic mass is 32.2. The number of hydrogen-bond donors (Lipinski definition) is 1. The summed E-state index contributed by atoms with van der Waals surface area (Å²) >= 11 is 0. The van der Waals surface area contributed by atoms with Crippen molar-refractivity contribution in [2.75, 3.05) is 39.9 Å². The van der Waals surface area contributed by atoms with Gasteiger partial charge in [-0.25, -0.2) is 8.42 Å². The molecule has 28 heavy (non-hydrogen) atoms. The van der Waals surface area contributed by atoms with Crippen LogP contribution < -0.4 is 5.73 Å². The van der Waals surface area contributed by atoms with Gasteiger partial charge in [0.05, 0.1) is 10.3 Å². The highest BCUT2D eigenvalue weighted by molar-refractivity contribution is 7.89. The Morgan fingerprint density at radius 1 is 1.25 bits per heavy atom. The molecule has 0 unspecified atom stereocenters. The molecule has 0 saturated carbocycles. The van der Waals surface area contributed by atoms with E-state index in [0.717, 1.165) is 18.7 Å². The fourth-order valence-corrected chi connectivity index (χ4v) is 6.07. The van der Waals surface area contributed by atoms with Crippen LogP contribution in [-0.2, 0) is 26.0 Å². The third-order valence-corrected chi connectivity index (χ3v) is 8.31. The Morgan fingerprint density at radius 2 is 1.89 bits per heavy atom. The molecule has 0 bridgehead atoms. The molecule has 2 aliphatic rings. The average Bonchev–Trinajstić information content (AvgIpc) is 2.66. The molecule has 0 atom stereocenters. The van der Waals surface area contributed by atoms with Gasteiger partial charge in [-0.05, 0) is 50.4 Å². The minimum atomic E-state index is -3.45. The third-order valence-electron chi connectivity index (χ3n) is 6.38. The zero-order valence-corrected chi connectivity index (χ0v) is 17.6. The molecule has 2 fully saturated rings. The Hall–Kier alpha value is -1.48. The summed E-state index contributed by atoms with van der Waals surface area (Å²) in [6, 6.07) is 7.42. The van der Waals surface area contributed by atoms with Crippen LogP contribution in [0.5, 0.6) is 0 Å². The molecular formula is C20H31N3O4S. The van der Waals surface area contributed by atoms with Crippen molar-refractivity contribution in [1.29, 1.82) is 0 Å². The maximum absolute atomic E-state index is 13.0. The normalized spacial score (nSPS) is 21.4. The van der Waals surface area contributed by atoms with Gasteiger partial charge in [0.15, 0.2) is 0 Å². The summed E-state index contributed by atoms with van der Waals surface area (Å²) in [4.78, 5) is 14.7. The van der Waals surface area contributed by atoms with Crippen molar-refractivity contribution in [3.05, 3.63) is 29.8 Å². The summed E-state index contributed by atoms with van der Waals surface area (Å²) in [7, 11) is -1.82. The SMILES string of the molecule is CCc1ccccc1S(=O)(=O)N1CC(N2CCC(CCOC)(C(N)=O)CC2)C1. The quantitative estimate of drug-likeness (QED) is 0.697. The molecule has 7 nitrogen and oxygen atoms in total. The number of hydrogen-bond acceptors (Lipinski definition) is 5. The van der Waals surface area contributed by atoms with Gasteiger partial charge >= 0.3 is 0 Å². The molecule has 1 aromatic carbocycles. The van der Waals surface area contributed by atoms with Crippen molar-refractivity contribution in [2.24, 2.45) is 11.1 Å². The van der Waals surface area contributed by atoms with Crippen LogP contribution in [0.2, 0.25) is 0 Å². The van der Waals surface area contributed by atoms with Crippen LogP contribution in [0.3, 0.4) is 0 Å². The number of primary amides is 1. The molecule has 1 amide bonds. The summed E-state index contributed by atoms with van der Waals surface area (Å²) in [6.07, 6.45) is 2.74. The number of carbonyl (C=O) groups excluding carboxylic acids is 1. The van der Waals surface area contributed by atoms with Gasteiger partial charge in [0.1, 0.15) is 0 Å². The van der Waals surface area contributed by atoms with Crippen molar-refractivity contribution in [3.8, 4) is 0 Å². The summed E-state index contributed by atoms with van der Waals surface area (Å²) in [6.45, 7) is 5.02. The summed E-state index contributed by atoms with van der Waals surface area (Å²) in [5.41, 5.74) is 6.04. The number of nitrogens with two attached hydrogens (primary N) is 1. The van der Waals surface area contributed by atoms with Crippen LogP contribution in [0.15, 0.2) is 29.2 Å². The van der Waals surface area contributed by atoms with E-state index in [0.29, 0.717) is 50.3 Å². The zero-order chi connectivity index (χ0) is 20.4. The van der Waals surface area contributed by atoms with E-state index in [2.05, 4.69) is 4.90 Å². The maximum Gasteiger partial charge on any atom is 0.243 e. The molecule has 2 saturated heterocycles. The molecule has 0 aromatic heterocycles. The first-order valence-electron chi connectivity index (χ1n) is 9.95. The standard InChI is InChI=1S/C20H31N3O4S/c1-3-16-6-4-5-7-18(16)28(25,26)23-14-17(15-23)22-11-8-20(9-12-22,19(21)24)10-13-27-2/h4-7,17H,3,8-15H2,1-2H3,(H2,21,24). The fourth-order valence-electron chi connectivity index (χ4n) is 4.26. The van der Waals surface area contributed by atoms with Crippen LogP contribution >= 0.6 is 0 Å². The topological polar surface area (TPSA) is 92.9 Å². The monoisotopic (exact) mass is 409 g/mol. The second-order valence-corrected chi connectivity index (χ2v) is 9.77. The van der Waals surface area contributed by atoms with Crippen molar-refractivity contribution in [3.63, 3.8) is 0 Å². The second kappa shape index (κ2) is 8.49. The van der Waals surface area contributed by atoms with Gasteiger partial charge in [-0.3, -0.25) is 9.69 Å². The molecule has 0 spiro atoms. The number of aryl methyl sites for hydroxylation is 1. The maximum atomic E-state index is 13.0. The summed E-state index contributed by atoms with van der Waals surface area (Å²) < 4.78 is 32.6. The fraction of sp³-hybridized carbons (Fsp3) is 0.650. The Labute approximate surface area is 167 Å². The molecule has 0 aliphatic carbocycles. The Morgan fingerprint density at radius 3 is 2.46 bits per heavy atom. The first-order chi connectivity index (χ1) is 13.3. The number of likely N-dealkylation sites (tertiary alicyclic amines) is 1. The van der Waals surface area contributed by atoms with E-state index in [1.165, 1.54) is 0 Å². The highest BCUT2D eigenvalue weighted by Crippen LogP contribution is 2.37. The van der Waals surface area contributed by atoms with E-state index >= 15 is 0 Å². The van der Waals surface area contributed by atoms with E-state index in [1.54, 1.807) is 23.5 Å². The van der Waals surface area contributed by atoms with Crippen LogP contribution in [0.1, 0.15) is 31.7 Å². The van der Waals surface area contributed by atoms with Crippen LogP contribution in [0, 0.1) is 5.41 Å². The van der Waals surface area contributed by atoms with E-state index in [9.17, 15) is 13.2 Å². The van der Waals surface area contributed by atoms with Crippen LogP contribution in [-0.4, -0.2) is 69.5 Å². The van der Waals surface area contributed by atoms with E-state index in [-0.39, 0.29) is 11.9 Å². The minimum Gasteiger partial charge on any atom is -0.385 e. The Kier molecular flexibility index (Phi) is 6.44. The first kappa shape index (κ1) is 21.2. The van der Waals surface area contributed by atoms with Gasteiger partial charge in [-0.15, -0.1) is 0 Å². The zero-order valence-electron chi connectivity index (χ0n) is 16.8. The number of nitrogens with zero attached hydrogens (tertiary/aromatic N) is 2. The van der Waals surface area contributed by atoms with E-state index in [4.69, 9.17) is 10.5 Å². The summed E-state index contributed by atoms with van der Waals surface area (Å²) in [5.74, 6) is -0.252. The predicted octanol–water partition coefficient (Wildman–Crippen LogP) is 1.23. The third kappa shape index (κ3) is 3.96. The number of amides is 1. The molecule has 8 heteroatoms. The lowest BCUT2D eigenvalue weighted by Crippen LogP contribution is -2.63. The molecule has 2 heterocycles. The number of methoxy groups -OCH3 is 1. The molecule has 2 N–H and O–H groups in total. The number of benzene rings is 1. The van der Waals surface area contributed by atoms with Gasteiger partial charge < -0.3 is 10.5 Å². The first-order valence-corrected chi connectivity index (χ1v) is 11.4. The molecule has 1 aromatic rings. The molecule has 2 aliphatic heterocycles. The lowest BCUT2D eigenvalue weighted by atomic mass is 9.75. The minimum absolute atomic E-state index is 0.205. The average molecular weight is 410 g/mol. The molecule has 0 radical (unpaired) electrons. The summed E-state index contributed by atoms with van der Waals surface area (Å²) in [5, 5.41) is 0. The number of ether oxygens (including phenoxy) is 1. The van der Waals surface area contributed by atoms with Gasteiger partial charge in [0, 0.05) is 32.8 Å². The van der Waals surface area contributed by atoms with Crippen molar-refractivity contribution in [1.82, 2.24) is 9.21 Å². The Bertz CT molecular complexity index is 797. The lowest BCUT2D eigenvalue weighted by molar-refractivity contribution is -0.132. The van der Waals surface area contributed by atoms with E-state index < -0.39 is 15.4 Å². The van der Waals surface area contributed by atoms with E-state index in [1.807, 2.05) is 19.1 Å². The number of piperidine rings is 1.